The minimum Gasteiger partial charge on any atom is -0.399 e. The van der Waals surface area contributed by atoms with E-state index < -0.39 is 0 Å². The molecule has 0 radical (unpaired) electrons. The lowest BCUT2D eigenvalue weighted by Gasteiger charge is -2.33. The Kier molecular flexibility index (Phi) is 6.64. The van der Waals surface area contributed by atoms with E-state index in [1.54, 1.807) is 48.5 Å². The van der Waals surface area contributed by atoms with Crippen molar-refractivity contribution < 1.29 is 9.59 Å². The Balaban J connectivity index is 0.00000243. The molecule has 1 unspecified atom stereocenters. The summed E-state index contributed by atoms with van der Waals surface area (Å²) in [4.78, 5) is 26.8. The van der Waals surface area contributed by atoms with Crippen LogP contribution in [0.3, 0.4) is 0 Å². The zero-order valence-corrected chi connectivity index (χ0v) is 15.6. The molecule has 3 N–H and O–H groups in total. The Morgan fingerprint density at radius 3 is 2.46 bits per heavy atom. The van der Waals surface area contributed by atoms with E-state index in [4.69, 9.17) is 5.73 Å². The van der Waals surface area contributed by atoms with E-state index in [1.165, 1.54) is 6.42 Å². The number of nitrogens with one attached hydrogen (secondary N) is 1. The van der Waals surface area contributed by atoms with Gasteiger partial charge in [-0.3, -0.25) is 9.59 Å². The first kappa shape index (κ1) is 19.8. The fourth-order valence-electron chi connectivity index (χ4n) is 3.14. The topological polar surface area (TPSA) is 75.4 Å². The minimum atomic E-state index is -0.226. The summed E-state index contributed by atoms with van der Waals surface area (Å²) in [6.45, 7) is 2.91. The van der Waals surface area contributed by atoms with Gasteiger partial charge in [0.2, 0.25) is 0 Å². The lowest BCUT2D eigenvalue weighted by molar-refractivity contribution is 0.0635. The molecule has 3 rings (SSSR count). The molecular weight excluding hydrogens is 350 g/mol. The second kappa shape index (κ2) is 8.72. The Bertz CT molecular complexity index is 777. The smallest absolute Gasteiger partial charge is 0.255 e. The van der Waals surface area contributed by atoms with Gasteiger partial charge in [-0.25, -0.2) is 0 Å². The molecule has 0 aliphatic carbocycles. The molecule has 0 spiro atoms. The van der Waals surface area contributed by atoms with Gasteiger partial charge in [0.1, 0.15) is 0 Å². The number of piperidine rings is 1. The largest absolute Gasteiger partial charge is 0.399 e. The highest BCUT2D eigenvalue weighted by Crippen LogP contribution is 2.20. The second-order valence-corrected chi connectivity index (χ2v) is 6.50. The van der Waals surface area contributed by atoms with Crippen LogP contribution < -0.4 is 11.1 Å². The SMILES string of the molecule is CC1CCCCN1C(=O)c1ccc(NC(=O)c2cccc(N)c2)cc1.Cl. The summed E-state index contributed by atoms with van der Waals surface area (Å²) in [5.74, 6) is -0.170. The normalized spacial score (nSPS) is 16.5. The summed E-state index contributed by atoms with van der Waals surface area (Å²) in [7, 11) is 0. The number of amides is 2. The number of hydrogen-bond acceptors (Lipinski definition) is 3. The highest BCUT2D eigenvalue weighted by molar-refractivity contribution is 6.05. The number of anilines is 2. The van der Waals surface area contributed by atoms with Crippen LogP contribution in [0.1, 0.15) is 46.9 Å². The van der Waals surface area contributed by atoms with Gasteiger partial charge >= 0.3 is 0 Å². The average Bonchev–Trinajstić information content (AvgIpc) is 2.62. The maximum atomic E-state index is 12.6. The van der Waals surface area contributed by atoms with Crippen molar-refractivity contribution in [3.05, 3.63) is 59.7 Å². The number of carbonyl (C=O) groups excluding carboxylic acids is 2. The van der Waals surface area contributed by atoms with Crippen LogP contribution in [0, 0.1) is 0 Å². The standard InChI is InChI=1S/C20H23N3O2.ClH/c1-14-5-2-3-12-23(14)20(25)15-8-10-18(11-9-15)22-19(24)16-6-4-7-17(21)13-16;/h4,6-11,13-14H,2-3,5,12,21H2,1H3,(H,22,24);1H. The van der Waals surface area contributed by atoms with E-state index in [2.05, 4.69) is 12.2 Å². The molecule has 5 nitrogen and oxygen atoms in total. The molecule has 1 heterocycles. The van der Waals surface area contributed by atoms with E-state index in [1.807, 2.05) is 4.90 Å². The molecular formula is C20H24ClN3O2. The Morgan fingerprint density at radius 1 is 1.08 bits per heavy atom. The van der Waals surface area contributed by atoms with Crippen LogP contribution in [0.2, 0.25) is 0 Å². The molecule has 2 amide bonds. The highest BCUT2D eigenvalue weighted by Gasteiger charge is 2.24. The van der Waals surface area contributed by atoms with Crippen molar-refractivity contribution in [3.63, 3.8) is 0 Å². The Labute approximate surface area is 160 Å². The number of nitrogens with two attached hydrogens (primary N) is 1. The highest BCUT2D eigenvalue weighted by atomic mass is 35.5. The number of nitrogen functional groups attached to an aromatic ring is 1. The maximum Gasteiger partial charge on any atom is 0.255 e. The quantitative estimate of drug-likeness (QED) is 0.799. The second-order valence-electron chi connectivity index (χ2n) is 6.50. The molecule has 1 fully saturated rings. The molecule has 0 bridgehead atoms. The van der Waals surface area contributed by atoms with Crippen LogP contribution >= 0.6 is 12.4 Å². The molecule has 138 valence electrons. The third-order valence-corrected chi connectivity index (χ3v) is 4.60. The number of benzene rings is 2. The molecule has 1 aliphatic rings. The van der Waals surface area contributed by atoms with Crippen molar-refractivity contribution in [2.24, 2.45) is 0 Å². The molecule has 2 aromatic rings. The predicted molar refractivity (Wildman–Crippen MR) is 107 cm³/mol. The van der Waals surface area contributed by atoms with Crippen LogP contribution in [-0.4, -0.2) is 29.3 Å². The number of halogens is 1. The van der Waals surface area contributed by atoms with Crippen molar-refractivity contribution in [1.29, 1.82) is 0 Å². The zero-order valence-electron chi connectivity index (χ0n) is 14.8. The summed E-state index contributed by atoms with van der Waals surface area (Å²) < 4.78 is 0. The Hall–Kier alpha value is -2.53. The van der Waals surface area contributed by atoms with Crippen LogP contribution in [-0.2, 0) is 0 Å². The summed E-state index contributed by atoms with van der Waals surface area (Å²) in [5, 5.41) is 2.82. The lowest BCUT2D eigenvalue weighted by atomic mass is 10.0. The molecule has 1 atom stereocenters. The van der Waals surface area contributed by atoms with Crippen LogP contribution in [0.25, 0.3) is 0 Å². The van der Waals surface area contributed by atoms with Crippen molar-refractivity contribution in [2.45, 2.75) is 32.2 Å². The van der Waals surface area contributed by atoms with Crippen molar-refractivity contribution in [1.82, 2.24) is 4.90 Å². The number of carbonyl (C=O) groups is 2. The molecule has 1 saturated heterocycles. The third-order valence-electron chi connectivity index (χ3n) is 4.60. The summed E-state index contributed by atoms with van der Waals surface area (Å²) in [6, 6.07) is 14.1. The first-order valence-electron chi connectivity index (χ1n) is 8.62. The van der Waals surface area contributed by atoms with Gasteiger partial charge in [0.05, 0.1) is 0 Å². The molecule has 6 heteroatoms. The van der Waals surface area contributed by atoms with E-state index in [9.17, 15) is 9.59 Å². The Morgan fingerprint density at radius 2 is 1.81 bits per heavy atom. The number of likely N-dealkylation sites (tertiary alicyclic amines) is 1. The first-order chi connectivity index (χ1) is 12.0. The van der Waals surface area contributed by atoms with Gasteiger partial charge in [0, 0.05) is 35.1 Å². The van der Waals surface area contributed by atoms with Gasteiger partial charge in [0.15, 0.2) is 0 Å². The molecule has 0 saturated carbocycles. The predicted octanol–water partition coefficient (Wildman–Crippen LogP) is 3.96. The summed E-state index contributed by atoms with van der Waals surface area (Å²) in [6.07, 6.45) is 3.30. The third kappa shape index (κ3) is 4.55. The number of hydrogen-bond donors (Lipinski definition) is 2. The average molecular weight is 374 g/mol. The molecule has 1 aliphatic heterocycles. The van der Waals surface area contributed by atoms with E-state index in [0.29, 0.717) is 22.5 Å². The first-order valence-corrected chi connectivity index (χ1v) is 8.62. The number of nitrogens with zero attached hydrogens (tertiary/aromatic N) is 1. The van der Waals surface area contributed by atoms with Gasteiger partial charge in [-0.1, -0.05) is 6.07 Å². The van der Waals surface area contributed by atoms with Gasteiger partial charge < -0.3 is 16.0 Å². The molecule has 26 heavy (non-hydrogen) atoms. The van der Waals surface area contributed by atoms with E-state index >= 15 is 0 Å². The van der Waals surface area contributed by atoms with Gasteiger partial charge in [-0.2, -0.15) is 0 Å². The number of rotatable bonds is 3. The van der Waals surface area contributed by atoms with Crippen molar-refractivity contribution in [3.8, 4) is 0 Å². The fraction of sp³-hybridized carbons (Fsp3) is 0.300. The van der Waals surface area contributed by atoms with Crippen LogP contribution in [0.4, 0.5) is 11.4 Å². The van der Waals surface area contributed by atoms with Crippen LogP contribution in [0.5, 0.6) is 0 Å². The van der Waals surface area contributed by atoms with Crippen LogP contribution in [0.15, 0.2) is 48.5 Å². The summed E-state index contributed by atoms with van der Waals surface area (Å²) in [5.41, 5.74) is 8.05. The van der Waals surface area contributed by atoms with Gasteiger partial charge in [0.25, 0.3) is 11.8 Å². The van der Waals surface area contributed by atoms with Crippen molar-refractivity contribution >= 4 is 35.6 Å². The molecule has 0 aromatic heterocycles. The maximum absolute atomic E-state index is 12.6. The van der Waals surface area contributed by atoms with Gasteiger partial charge in [-0.15, -0.1) is 12.4 Å². The van der Waals surface area contributed by atoms with Crippen molar-refractivity contribution in [2.75, 3.05) is 17.6 Å². The zero-order chi connectivity index (χ0) is 17.8. The van der Waals surface area contributed by atoms with E-state index in [0.717, 1.165) is 19.4 Å². The molecule has 2 aromatic carbocycles. The summed E-state index contributed by atoms with van der Waals surface area (Å²) >= 11 is 0. The lowest BCUT2D eigenvalue weighted by Crippen LogP contribution is -2.42. The van der Waals surface area contributed by atoms with Gasteiger partial charge in [-0.05, 0) is 68.7 Å². The minimum absolute atomic E-state index is 0. The monoisotopic (exact) mass is 373 g/mol. The fourth-order valence-corrected chi connectivity index (χ4v) is 3.14. The van der Waals surface area contributed by atoms with E-state index in [-0.39, 0.29) is 30.3 Å².